The zero-order chi connectivity index (χ0) is 23.8. The van der Waals surface area contributed by atoms with Gasteiger partial charge in [-0.2, -0.15) is 30.6 Å². The normalized spacial score (nSPS) is 28.0. The summed E-state index contributed by atoms with van der Waals surface area (Å²) < 4.78 is 106. The molecule has 0 spiro atoms. The maximum atomic E-state index is 13.5. The van der Waals surface area contributed by atoms with Gasteiger partial charge in [-0.05, 0) is 54.4 Å². The predicted molar refractivity (Wildman–Crippen MR) is 105 cm³/mol. The SMILES string of the molecule is O=S(=O)(N1Cc2cc(C(F)(F)F)ccc2N(Cc2cnc[nH]2)[C@@H](C23CC(C2)C3)C1)C(F)(F)F. The summed E-state index contributed by atoms with van der Waals surface area (Å²) >= 11 is 0. The number of aromatic amines is 1. The number of rotatable bonds is 4. The number of hydrogen-bond acceptors (Lipinski definition) is 4. The minimum absolute atomic E-state index is 0.119. The average Bonchev–Trinajstić information content (AvgIpc) is 3.08. The summed E-state index contributed by atoms with van der Waals surface area (Å²) in [6.45, 7) is -1.11. The Kier molecular flexibility index (Phi) is 4.85. The van der Waals surface area contributed by atoms with Crippen LogP contribution in [0.4, 0.5) is 32.0 Å². The first-order valence-corrected chi connectivity index (χ1v) is 11.7. The van der Waals surface area contributed by atoms with E-state index in [0.717, 1.165) is 31.4 Å². The Hall–Kier alpha value is -2.28. The standard InChI is InChI=1S/C20H20F6N4O2S/c21-19(22,23)14-1-2-16-13(3-14)8-29(33(31,32)20(24,25)26)10-17(18-4-12(5-18)6-18)30(16)9-15-7-27-11-28-15/h1-3,7,11-12,17H,4-6,8-10H2,(H,27,28)/t12?,17-,18?/m1/s1. The molecule has 6 nitrogen and oxygen atoms in total. The fourth-order valence-electron chi connectivity index (χ4n) is 5.44. The number of H-pyrrole nitrogens is 1. The number of alkyl halides is 6. The zero-order valence-electron chi connectivity index (χ0n) is 17.1. The van der Waals surface area contributed by atoms with Gasteiger partial charge in [-0.25, -0.2) is 13.4 Å². The van der Waals surface area contributed by atoms with Gasteiger partial charge in [0.2, 0.25) is 0 Å². The monoisotopic (exact) mass is 494 g/mol. The molecule has 2 bridgehead atoms. The first-order chi connectivity index (χ1) is 15.3. The van der Waals surface area contributed by atoms with Crippen LogP contribution in [0.25, 0.3) is 0 Å². The van der Waals surface area contributed by atoms with E-state index >= 15 is 0 Å². The highest BCUT2D eigenvalue weighted by molar-refractivity contribution is 7.89. The van der Waals surface area contributed by atoms with Crippen LogP contribution in [0.15, 0.2) is 30.7 Å². The molecule has 2 heterocycles. The van der Waals surface area contributed by atoms with Crippen molar-refractivity contribution in [3.8, 4) is 0 Å². The highest BCUT2D eigenvalue weighted by Crippen LogP contribution is 2.67. The second-order valence-corrected chi connectivity index (χ2v) is 11.1. The van der Waals surface area contributed by atoms with Crippen molar-refractivity contribution in [2.24, 2.45) is 11.3 Å². The third-order valence-electron chi connectivity index (χ3n) is 7.14. The molecule has 0 saturated heterocycles. The van der Waals surface area contributed by atoms with Crippen molar-refractivity contribution in [1.29, 1.82) is 0 Å². The fourth-order valence-corrected chi connectivity index (χ4v) is 6.38. The number of halogens is 6. The Morgan fingerprint density at radius 3 is 2.33 bits per heavy atom. The highest BCUT2D eigenvalue weighted by atomic mass is 32.2. The second kappa shape index (κ2) is 7.11. The topological polar surface area (TPSA) is 69.3 Å². The van der Waals surface area contributed by atoms with Crippen molar-refractivity contribution in [2.75, 3.05) is 11.4 Å². The number of aromatic nitrogens is 2. The molecule has 6 rings (SSSR count). The third kappa shape index (κ3) is 3.59. The van der Waals surface area contributed by atoms with Gasteiger partial charge in [0.15, 0.2) is 0 Å². The predicted octanol–water partition coefficient (Wildman–Crippen LogP) is 4.27. The molecule has 2 aromatic rings. The number of benzene rings is 1. The minimum atomic E-state index is -5.75. The van der Waals surface area contributed by atoms with Gasteiger partial charge >= 0.3 is 21.7 Å². The van der Waals surface area contributed by atoms with Crippen LogP contribution in [-0.4, -0.2) is 40.8 Å². The molecular weight excluding hydrogens is 474 g/mol. The average molecular weight is 494 g/mol. The molecule has 13 heteroatoms. The second-order valence-electron chi connectivity index (χ2n) is 9.15. The molecule has 180 valence electrons. The van der Waals surface area contributed by atoms with E-state index < -0.39 is 46.4 Å². The summed E-state index contributed by atoms with van der Waals surface area (Å²) in [6.07, 6.45) is 0.499. The molecular formula is C20H20F6N4O2S. The van der Waals surface area contributed by atoms with Crippen LogP contribution in [-0.2, 0) is 29.3 Å². The largest absolute Gasteiger partial charge is 0.511 e. The van der Waals surface area contributed by atoms with Crippen LogP contribution < -0.4 is 4.90 Å². The molecule has 1 atom stereocenters. The lowest BCUT2D eigenvalue weighted by atomic mass is 9.41. The van der Waals surface area contributed by atoms with Crippen molar-refractivity contribution in [3.05, 3.63) is 47.5 Å². The smallest absolute Gasteiger partial charge is 0.361 e. The Morgan fingerprint density at radius 2 is 1.82 bits per heavy atom. The summed E-state index contributed by atoms with van der Waals surface area (Å²) in [5, 5.41) is 0. The number of nitrogens with one attached hydrogen (secondary N) is 1. The molecule has 0 unspecified atom stereocenters. The molecule has 1 aromatic carbocycles. The third-order valence-corrected chi connectivity index (χ3v) is 8.68. The van der Waals surface area contributed by atoms with E-state index in [9.17, 15) is 34.8 Å². The van der Waals surface area contributed by atoms with Gasteiger partial charge in [-0.1, -0.05) is 0 Å². The summed E-state index contributed by atoms with van der Waals surface area (Å²) in [6, 6.07) is 2.24. The van der Waals surface area contributed by atoms with E-state index in [2.05, 4.69) is 9.97 Å². The van der Waals surface area contributed by atoms with Crippen LogP contribution in [0, 0.1) is 11.3 Å². The van der Waals surface area contributed by atoms with Gasteiger partial charge in [0.05, 0.1) is 24.1 Å². The van der Waals surface area contributed by atoms with Crippen molar-refractivity contribution < 1.29 is 34.8 Å². The number of nitrogens with zero attached hydrogens (tertiary/aromatic N) is 3. The zero-order valence-corrected chi connectivity index (χ0v) is 17.9. The first-order valence-electron chi connectivity index (χ1n) is 10.3. The number of fused-ring (bicyclic) bond motifs is 1. The summed E-state index contributed by atoms with van der Waals surface area (Å²) in [5.74, 6) is 0.460. The molecule has 33 heavy (non-hydrogen) atoms. The van der Waals surface area contributed by atoms with Crippen LogP contribution in [0.1, 0.15) is 36.1 Å². The molecule has 4 aliphatic rings. The Morgan fingerprint density at radius 1 is 1.12 bits per heavy atom. The van der Waals surface area contributed by atoms with E-state index in [1.54, 1.807) is 4.90 Å². The maximum Gasteiger partial charge on any atom is 0.511 e. The Balaban J connectivity index is 1.65. The fraction of sp³-hybridized carbons (Fsp3) is 0.550. The van der Waals surface area contributed by atoms with Crippen LogP contribution >= 0.6 is 0 Å². The highest BCUT2D eigenvalue weighted by Gasteiger charge is 2.63. The molecule has 1 aliphatic heterocycles. The molecule has 0 radical (unpaired) electrons. The molecule has 3 aliphatic carbocycles. The van der Waals surface area contributed by atoms with Crippen LogP contribution in [0.3, 0.4) is 0 Å². The van der Waals surface area contributed by atoms with Crippen molar-refractivity contribution >= 4 is 15.7 Å². The number of sulfonamides is 1. The van der Waals surface area contributed by atoms with Gasteiger partial charge in [0.1, 0.15) is 0 Å². The Bertz CT molecular complexity index is 1150. The van der Waals surface area contributed by atoms with Crippen molar-refractivity contribution in [1.82, 2.24) is 14.3 Å². The van der Waals surface area contributed by atoms with E-state index in [4.69, 9.17) is 0 Å². The van der Waals surface area contributed by atoms with Gasteiger partial charge in [-0.15, -0.1) is 0 Å². The summed E-state index contributed by atoms with van der Waals surface area (Å²) in [4.78, 5) is 8.61. The van der Waals surface area contributed by atoms with Crippen LogP contribution in [0.2, 0.25) is 0 Å². The van der Waals surface area contributed by atoms with E-state index in [1.807, 2.05) is 0 Å². The molecule has 0 amide bonds. The van der Waals surface area contributed by atoms with Gasteiger partial charge < -0.3 is 9.88 Å². The van der Waals surface area contributed by atoms with Crippen LogP contribution in [0.5, 0.6) is 0 Å². The molecule has 3 saturated carbocycles. The van der Waals surface area contributed by atoms with Crippen molar-refractivity contribution in [2.45, 2.75) is 50.1 Å². The molecule has 1 aromatic heterocycles. The summed E-state index contributed by atoms with van der Waals surface area (Å²) in [5.41, 5.74) is -6.18. The quantitative estimate of drug-likeness (QED) is 0.645. The van der Waals surface area contributed by atoms with Gasteiger partial charge in [0.25, 0.3) is 0 Å². The number of anilines is 1. The molecule has 1 N–H and O–H groups in total. The van der Waals surface area contributed by atoms with Gasteiger partial charge in [-0.3, -0.25) is 0 Å². The number of imidazole rings is 1. The maximum absolute atomic E-state index is 13.5. The lowest BCUT2D eigenvalue weighted by Crippen LogP contribution is -2.66. The van der Waals surface area contributed by atoms with Crippen molar-refractivity contribution in [3.63, 3.8) is 0 Å². The van der Waals surface area contributed by atoms with E-state index in [-0.39, 0.29) is 17.5 Å². The summed E-state index contributed by atoms with van der Waals surface area (Å²) in [7, 11) is -5.75. The lowest BCUT2D eigenvalue weighted by molar-refractivity contribution is -0.137. The van der Waals surface area contributed by atoms with E-state index in [1.165, 1.54) is 18.6 Å². The van der Waals surface area contributed by atoms with Gasteiger partial charge in [0, 0.05) is 31.0 Å². The molecule has 3 fully saturated rings. The Labute approximate surface area is 185 Å². The minimum Gasteiger partial charge on any atom is -0.361 e. The number of hydrogen-bond donors (Lipinski definition) is 1. The first kappa shape index (κ1) is 22.5. The van der Waals surface area contributed by atoms with E-state index in [0.29, 0.717) is 21.6 Å². The lowest BCUT2D eigenvalue weighted by Gasteiger charge is -2.67.